The fourth-order valence-corrected chi connectivity index (χ4v) is 3.54. The standard InChI is InChI=1S/C26H29ClN2O4/c1-5-22(33-23-13-10-16(2)14-17(23)3)26(31)29-20-11-12-21(25(30)18(20)4)28-15-32-24-9-7-6-8-19(24)27/h6-14,22,28,30H,5,15H2,1-4H3,(H,29,31). The van der Waals surface area contributed by atoms with Gasteiger partial charge in [0.15, 0.2) is 12.8 Å². The molecule has 6 nitrogen and oxygen atoms in total. The van der Waals surface area contributed by atoms with Crippen LogP contribution in [0.15, 0.2) is 54.6 Å². The van der Waals surface area contributed by atoms with Crippen LogP contribution in [-0.4, -0.2) is 23.8 Å². The minimum Gasteiger partial charge on any atom is -0.505 e. The molecule has 3 N–H and O–H groups in total. The molecule has 174 valence electrons. The lowest BCUT2D eigenvalue weighted by Gasteiger charge is -2.20. The molecule has 0 bridgehead atoms. The van der Waals surface area contributed by atoms with Crippen molar-refractivity contribution in [3.8, 4) is 17.2 Å². The van der Waals surface area contributed by atoms with Gasteiger partial charge in [-0.1, -0.05) is 48.4 Å². The molecule has 33 heavy (non-hydrogen) atoms. The topological polar surface area (TPSA) is 79.8 Å². The average molecular weight is 469 g/mol. The fraction of sp³-hybridized carbons (Fsp3) is 0.269. The summed E-state index contributed by atoms with van der Waals surface area (Å²) in [5.41, 5.74) is 3.64. The Morgan fingerprint density at radius 1 is 1.03 bits per heavy atom. The summed E-state index contributed by atoms with van der Waals surface area (Å²) >= 11 is 6.08. The second-order valence-corrected chi connectivity index (χ2v) is 8.21. The number of nitrogens with one attached hydrogen (secondary N) is 2. The second kappa shape index (κ2) is 11.0. The molecular formula is C26H29ClN2O4. The quantitative estimate of drug-likeness (QED) is 0.257. The van der Waals surface area contributed by atoms with Gasteiger partial charge in [-0.05, 0) is 63.1 Å². The molecule has 0 aliphatic heterocycles. The van der Waals surface area contributed by atoms with Crippen LogP contribution in [0, 0.1) is 20.8 Å². The van der Waals surface area contributed by atoms with Crippen LogP contribution in [-0.2, 0) is 4.79 Å². The lowest BCUT2D eigenvalue weighted by Crippen LogP contribution is -2.32. The van der Waals surface area contributed by atoms with Gasteiger partial charge >= 0.3 is 0 Å². The van der Waals surface area contributed by atoms with Gasteiger partial charge in [0, 0.05) is 11.3 Å². The van der Waals surface area contributed by atoms with Gasteiger partial charge in [0.25, 0.3) is 5.91 Å². The Bertz CT molecular complexity index is 1130. The molecule has 0 heterocycles. The molecule has 0 saturated carbocycles. The molecule has 0 radical (unpaired) electrons. The first-order chi connectivity index (χ1) is 15.8. The van der Waals surface area contributed by atoms with Gasteiger partial charge in [0.1, 0.15) is 17.2 Å². The van der Waals surface area contributed by atoms with E-state index in [2.05, 4.69) is 10.6 Å². The van der Waals surface area contributed by atoms with Crippen molar-refractivity contribution in [2.24, 2.45) is 0 Å². The van der Waals surface area contributed by atoms with E-state index in [0.717, 1.165) is 11.1 Å². The lowest BCUT2D eigenvalue weighted by atomic mass is 10.1. The van der Waals surface area contributed by atoms with E-state index in [0.29, 0.717) is 39.9 Å². The molecule has 0 aliphatic carbocycles. The summed E-state index contributed by atoms with van der Waals surface area (Å²) in [7, 11) is 0. The molecule has 0 fully saturated rings. The van der Waals surface area contributed by atoms with E-state index in [-0.39, 0.29) is 18.4 Å². The molecule has 3 aromatic rings. The predicted molar refractivity (Wildman–Crippen MR) is 133 cm³/mol. The van der Waals surface area contributed by atoms with E-state index in [1.807, 2.05) is 51.1 Å². The Morgan fingerprint density at radius 2 is 1.76 bits per heavy atom. The smallest absolute Gasteiger partial charge is 0.265 e. The molecule has 0 aromatic heterocycles. The summed E-state index contributed by atoms with van der Waals surface area (Å²) in [5.74, 6) is 0.975. The number of anilines is 2. The van der Waals surface area contributed by atoms with E-state index >= 15 is 0 Å². The highest BCUT2D eigenvalue weighted by atomic mass is 35.5. The number of benzene rings is 3. The van der Waals surface area contributed by atoms with Crippen molar-refractivity contribution in [1.29, 1.82) is 0 Å². The fourth-order valence-electron chi connectivity index (χ4n) is 3.35. The highest BCUT2D eigenvalue weighted by Crippen LogP contribution is 2.33. The predicted octanol–water partition coefficient (Wildman–Crippen LogP) is 6.22. The molecule has 0 aliphatic rings. The maximum absolute atomic E-state index is 12.9. The van der Waals surface area contributed by atoms with E-state index in [9.17, 15) is 9.90 Å². The molecule has 7 heteroatoms. The Kier molecular flexibility index (Phi) is 8.06. The molecule has 0 saturated heterocycles. The minimum absolute atomic E-state index is 0.0268. The van der Waals surface area contributed by atoms with Crippen LogP contribution in [0.5, 0.6) is 17.2 Å². The zero-order chi connectivity index (χ0) is 24.0. The van der Waals surface area contributed by atoms with E-state index in [1.54, 1.807) is 31.2 Å². The van der Waals surface area contributed by atoms with Gasteiger partial charge in [0.2, 0.25) is 0 Å². The Labute approximate surface area is 199 Å². The number of carbonyl (C=O) groups excluding carboxylic acids is 1. The first-order valence-corrected chi connectivity index (χ1v) is 11.2. The Morgan fingerprint density at radius 3 is 2.45 bits per heavy atom. The number of hydrogen-bond acceptors (Lipinski definition) is 5. The maximum Gasteiger partial charge on any atom is 0.265 e. The van der Waals surface area contributed by atoms with Crippen LogP contribution in [0.2, 0.25) is 5.02 Å². The summed E-state index contributed by atoms with van der Waals surface area (Å²) in [6, 6.07) is 16.4. The molecule has 3 rings (SSSR count). The lowest BCUT2D eigenvalue weighted by molar-refractivity contribution is -0.122. The summed E-state index contributed by atoms with van der Waals surface area (Å²) in [5, 5.41) is 17.0. The Balaban J connectivity index is 1.64. The van der Waals surface area contributed by atoms with E-state index < -0.39 is 6.10 Å². The second-order valence-electron chi connectivity index (χ2n) is 7.80. The highest BCUT2D eigenvalue weighted by Gasteiger charge is 2.21. The number of carbonyl (C=O) groups is 1. The summed E-state index contributed by atoms with van der Waals surface area (Å²) < 4.78 is 11.6. The van der Waals surface area contributed by atoms with Crippen molar-refractivity contribution in [2.45, 2.75) is 40.2 Å². The zero-order valence-electron chi connectivity index (χ0n) is 19.2. The molecule has 0 spiro atoms. The Hall–Kier alpha value is -3.38. The summed E-state index contributed by atoms with van der Waals surface area (Å²) in [4.78, 5) is 12.9. The van der Waals surface area contributed by atoms with Gasteiger partial charge in [-0.25, -0.2) is 0 Å². The number of rotatable bonds is 9. The average Bonchev–Trinajstić information content (AvgIpc) is 2.79. The minimum atomic E-state index is -0.658. The molecular weight excluding hydrogens is 440 g/mol. The number of hydrogen-bond donors (Lipinski definition) is 3. The molecule has 1 amide bonds. The third-order valence-corrected chi connectivity index (χ3v) is 5.59. The molecule has 1 unspecified atom stereocenters. The van der Waals surface area contributed by atoms with Crippen LogP contribution in [0.1, 0.15) is 30.0 Å². The number of phenols is 1. The number of halogens is 1. The monoisotopic (exact) mass is 468 g/mol. The first-order valence-electron chi connectivity index (χ1n) is 10.8. The SMILES string of the molecule is CCC(Oc1ccc(C)cc1C)C(=O)Nc1ccc(NCOc2ccccc2Cl)c(O)c1C. The number of ether oxygens (including phenoxy) is 2. The maximum atomic E-state index is 12.9. The van der Waals surface area contributed by atoms with Crippen LogP contribution in [0.25, 0.3) is 0 Å². The van der Waals surface area contributed by atoms with Crippen molar-refractivity contribution < 1.29 is 19.4 Å². The van der Waals surface area contributed by atoms with Crippen molar-refractivity contribution in [2.75, 3.05) is 17.4 Å². The zero-order valence-corrected chi connectivity index (χ0v) is 20.0. The van der Waals surface area contributed by atoms with E-state index in [4.69, 9.17) is 21.1 Å². The van der Waals surface area contributed by atoms with Gasteiger partial charge in [-0.2, -0.15) is 0 Å². The van der Waals surface area contributed by atoms with Gasteiger partial charge in [-0.3, -0.25) is 4.79 Å². The van der Waals surface area contributed by atoms with Crippen LogP contribution < -0.4 is 20.1 Å². The van der Waals surface area contributed by atoms with Crippen molar-refractivity contribution in [1.82, 2.24) is 0 Å². The number of phenolic OH excluding ortho intramolecular Hbond substituents is 1. The van der Waals surface area contributed by atoms with Crippen LogP contribution in [0.4, 0.5) is 11.4 Å². The normalized spacial score (nSPS) is 11.5. The van der Waals surface area contributed by atoms with Gasteiger partial charge in [-0.15, -0.1) is 0 Å². The first kappa shape index (κ1) is 24.3. The van der Waals surface area contributed by atoms with Gasteiger partial charge in [0.05, 0.1) is 10.7 Å². The molecule has 3 aromatic carbocycles. The number of para-hydroxylation sites is 1. The van der Waals surface area contributed by atoms with Gasteiger partial charge < -0.3 is 25.2 Å². The number of amides is 1. The van der Waals surface area contributed by atoms with Crippen LogP contribution in [0.3, 0.4) is 0 Å². The molecule has 1 atom stereocenters. The van der Waals surface area contributed by atoms with Crippen molar-refractivity contribution in [3.05, 3.63) is 76.3 Å². The third-order valence-electron chi connectivity index (χ3n) is 5.28. The van der Waals surface area contributed by atoms with Crippen molar-refractivity contribution in [3.63, 3.8) is 0 Å². The van der Waals surface area contributed by atoms with E-state index in [1.165, 1.54) is 0 Å². The van der Waals surface area contributed by atoms with Crippen molar-refractivity contribution >= 4 is 28.9 Å². The highest BCUT2D eigenvalue weighted by molar-refractivity contribution is 6.32. The number of aryl methyl sites for hydroxylation is 2. The van der Waals surface area contributed by atoms with Crippen LogP contribution >= 0.6 is 11.6 Å². The summed E-state index contributed by atoms with van der Waals surface area (Å²) in [6.07, 6.45) is -0.154. The number of aromatic hydroxyl groups is 1. The largest absolute Gasteiger partial charge is 0.505 e. The third kappa shape index (κ3) is 6.11. The summed E-state index contributed by atoms with van der Waals surface area (Å²) in [6.45, 7) is 7.71.